The number of hydrogen-bond acceptors (Lipinski definition) is 4. The van der Waals surface area contributed by atoms with Gasteiger partial charge in [-0.15, -0.1) is 0 Å². The smallest absolute Gasteiger partial charge is 0.192 e. The van der Waals surface area contributed by atoms with E-state index in [1.165, 1.54) is 0 Å². The zero-order valence-electron chi connectivity index (χ0n) is 5.36. The predicted molar refractivity (Wildman–Crippen MR) is 41.6 cm³/mol. The zero-order valence-corrected chi connectivity index (χ0v) is 5.36. The lowest BCUT2D eigenvalue weighted by atomic mass is 10.5. The first-order chi connectivity index (χ1) is 4.97. The Labute approximate surface area is 58.1 Å². The quantitative estimate of drug-likeness (QED) is 0.483. The van der Waals surface area contributed by atoms with Crippen molar-refractivity contribution in [1.29, 1.82) is 0 Å². The van der Waals surface area contributed by atoms with Crippen LogP contribution in [0.3, 0.4) is 0 Å². The average Bonchev–Trinajstić information content (AvgIpc) is 2.59. The minimum atomic E-state index is 0.671. The molecule has 2 heterocycles. The van der Waals surface area contributed by atoms with E-state index in [9.17, 15) is 0 Å². The van der Waals surface area contributed by atoms with Crippen LogP contribution < -0.4 is 0 Å². The van der Waals surface area contributed by atoms with Crippen LogP contribution >= 0.6 is 0 Å². The summed E-state index contributed by atoms with van der Waals surface area (Å²) in [6.45, 7) is 1.34. The molecule has 4 nitrogen and oxygen atoms in total. The van der Waals surface area contributed by atoms with Crippen molar-refractivity contribution in [3.63, 3.8) is 0 Å². The molecule has 0 spiro atoms. The van der Waals surface area contributed by atoms with Crippen LogP contribution in [0.15, 0.2) is 20.0 Å². The van der Waals surface area contributed by atoms with Gasteiger partial charge in [-0.1, -0.05) is 0 Å². The summed E-state index contributed by atoms with van der Waals surface area (Å²) in [7, 11) is 0. The Balaban J connectivity index is 2.26. The van der Waals surface area contributed by atoms with Crippen molar-refractivity contribution >= 4 is 24.1 Å². The van der Waals surface area contributed by atoms with Crippen LogP contribution in [0.2, 0.25) is 0 Å². The molecule has 0 unspecified atom stereocenters. The Kier molecular flexibility index (Phi) is 1.16. The molecule has 0 aromatic rings. The summed E-state index contributed by atoms with van der Waals surface area (Å²) in [4.78, 5) is 16.1. The van der Waals surface area contributed by atoms with Crippen LogP contribution in [0, 0.1) is 0 Å². The SMILES string of the molecule is C1=NC(C2=NCC=N2)=NC1. The zero-order chi connectivity index (χ0) is 6.81. The van der Waals surface area contributed by atoms with Gasteiger partial charge in [-0.3, -0.25) is 9.98 Å². The molecule has 0 bridgehead atoms. The second-order valence-corrected chi connectivity index (χ2v) is 1.95. The lowest BCUT2D eigenvalue weighted by Gasteiger charge is -1.88. The van der Waals surface area contributed by atoms with E-state index >= 15 is 0 Å². The van der Waals surface area contributed by atoms with Gasteiger partial charge in [-0.25, -0.2) is 9.98 Å². The monoisotopic (exact) mass is 134 g/mol. The Morgan fingerprint density at radius 1 is 0.900 bits per heavy atom. The van der Waals surface area contributed by atoms with Crippen LogP contribution in [-0.2, 0) is 0 Å². The van der Waals surface area contributed by atoms with E-state index < -0.39 is 0 Å². The fraction of sp³-hybridized carbons (Fsp3) is 0.333. The molecule has 2 aliphatic rings. The lowest BCUT2D eigenvalue weighted by Crippen LogP contribution is -2.04. The predicted octanol–water partition coefficient (Wildman–Crippen LogP) is -0.0478. The van der Waals surface area contributed by atoms with Gasteiger partial charge in [-0.05, 0) is 0 Å². The van der Waals surface area contributed by atoms with Gasteiger partial charge < -0.3 is 0 Å². The third kappa shape index (κ3) is 0.775. The van der Waals surface area contributed by atoms with Crippen LogP contribution in [0.25, 0.3) is 0 Å². The summed E-state index contributed by atoms with van der Waals surface area (Å²) in [6, 6.07) is 0. The third-order valence-corrected chi connectivity index (χ3v) is 1.27. The van der Waals surface area contributed by atoms with Gasteiger partial charge in [0.15, 0.2) is 11.7 Å². The maximum absolute atomic E-state index is 4.07. The van der Waals surface area contributed by atoms with Crippen molar-refractivity contribution < 1.29 is 0 Å². The molecular weight excluding hydrogens is 128 g/mol. The van der Waals surface area contributed by atoms with Gasteiger partial charge in [0.1, 0.15) is 0 Å². The standard InChI is InChI=1S/C6H6N4/c1-2-8-5(7-1)6-9-3-4-10-6/h1,3H,2,4H2. The van der Waals surface area contributed by atoms with Crippen molar-refractivity contribution in [2.24, 2.45) is 20.0 Å². The van der Waals surface area contributed by atoms with Crippen LogP contribution in [0.5, 0.6) is 0 Å². The Morgan fingerprint density at radius 3 is 1.70 bits per heavy atom. The molecule has 2 rings (SSSR count). The van der Waals surface area contributed by atoms with E-state index in [0.29, 0.717) is 24.8 Å². The first kappa shape index (κ1) is 5.46. The van der Waals surface area contributed by atoms with Crippen LogP contribution in [0.4, 0.5) is 0 Å². The minimum absolute atomic E-state index is 0.671. The van der Waals surface area contributed by atoms with Gasteiger partial charge in [0.05, 0.1) is 13.1 Å². The molecule has 4 heteroatoms. The van der Waals surface area contributed by atoms with Gasteiger partial charge in [0.25, 0.3) is 0 Å². The normalized spacial score (nSPS) is 21.6. The van der Waals surface area contributed by atoms with Gasteiger partial charge >= 0.3 is 0 Å². The molecule has 0 saturated heterocycles. The van der Waals surface area contributed by atoms with Crippen molar-refractivity contribution in [3.05, 3.63) is 0 Å². The van der Waals surface area contributed by atoms with Crippen LogP contribution in [-0.4, -0.2) is 37.2 Å². The maximum atomic E-state index is 4.07. The maximum Gasteiger partial charge on any atom is 0.192 e. The van der Waals surface area contributed by atoms with Crippen molar-refractivity contribution in [1.82, 2.24) is 0 Å². The first-order valence-corrected chi connectivity index (χ1v) is 3.11. The van der Waals surface area contributed by atoms with E-state index in [2.05, 4.69) is 20.0 Å². The van der Waals surface area contributed by atoms with E-state index in [0.717, 1.165) is 0 Å². The average molecular weight is 134 g/mol. The van der Waals surface area contributed by atoms with E-state index in [4.69, 9.17) is 0 Å². The second-order valence-electron chi connectivity index (χ2n) is 1.95. The molecule has 0 fully saturated rings. The molecule has 0 amide bonds. The van der Waals surface area contributed by atoms with Gasteiger partial charge in [0.2, 0.25) is 0 Å². The fourth-order valence-electron chi connectivity index (χ4n) is 0.848. The summed E-state index contributed by atoms with van der Waals surface area (Å²) >= 11 is 0. The molecule has 0 aliphatic carbocycles. The molecule has 0 aromatic heterocycles. The van der Waals surface area contributed by atoms with E-state index in [1.807, 2.05) is 0 Å². The molecule has 0 saturated carbocycles. The number of hydrogen-bond donors (Lipinski definition) is 0. The first-order valence-electron chi connectivity index (χ1n) is 3.11. The largest absolute Gasteiger partial charge is 0.258 e. The minimum Gasteiger partial charge on any atom is -0.258 e. The molecule has 0 radical (unpaired) electrons. The van der Waals surface area contributed by atoms with E-state index in [-0.39, 0.29) is 0 Å². The third-order valence-electron chi connectivity index (χ3n) is 1.27. The highest BCUT2D eigenvalue weighted by atomic mass is 15.1. The van der Waals surface area contributed by atoms with Gasteiger partial charge in [-0.2, -0.15) is 0 Å². The molecule has 0 atom stereocenters. The topological polar surface area (TPSA) is 49.4 Å². The molecule has 2 aliphatic heterocycles. The second kappa shape index (κ2) is 2.13. The molecule has 0 N–H and O–H groups in total. The van der Waals surface area contributed by atoms with Crippen molar-refractivity contribution in [3.8, 4) is 0 Å². The number of amidine groups is 2. The summed E-state index contributed by atoms with van der Waals surface area (Å²) in [5.74, 6) is 1.35. The summed E-state index contributed by atoms with van der Waals surface area (Å²) in [5, 5.41) is 0. The molecule has 0 aromatic carbocycles. The lowest BCUT2D eigenvalue weighted by molar-refractivity contribution is 1.34. The highest BCUT2D eigenvalue weighted by Crippen LogP contribution is 1.97. The van der Waals surface area contributed by atoms with E-state index in [1.54, 1.807) is 12.4 Å². The van der Waals surface area contributed by atoms with Crippen molar-refractivity contribution in [2.75, 3.05) is 13.1 Å². The van der Waals surface area contributed by atoms with Crippen LogP contribution in [0.1, 0.15) is 0 Å². The molecular formula is C6H6N4. The Bertz CT molecular complexity index is 231. The number of nitrogens with zero attached hydrogens (tertiary/aromatic N) is 4. The summed E-state index contributed by atoms with van der Waals surface area (Å²) in [6.07, 6.45) is 3.51. The highest BCUT2D eigenvalue weighted by Gasteiger charge is 2.10. The van der Waals surface area contributed by atoms with Crippen molar-refractivity contribution in [2.45, 2.75) is 0 Å². The fourth-order valence-corrected chi connectivity index (χ4v) is 0.848. The molecule has 10 heavy (non-hydrogen) atoms. The Morgan fingerprint density at radius 2 is 1.40 bits per heavy atom. The molecule has 50 valence electrons. The number of rotatable bonds is 1. The highest BCUT2D eigenvalue weighted by molar-refractivity contribution is 6.44. The van der Waals surface area contributed by atoms with Gasteiger partial charge in [0, 0.05) is 12.4 Å². The number of aliphatic imine (C=N–C) groups is 4. The summed E-state index contributed by atoms with van der Waals surface area (Å²) in [5.41, 5.74) is 0. The Hall–Kier alpha value is -1.32. The summed E-state index contributed by atoms with van der Waals surface area (Å²) < 4.78 is 0.